The number of carbonyl (C=O) groups is 1. The van der Waals surface area contributed by atoms with Crippen molar-refractivity contribution >= 4 is 17.5 Å². The van der Waals surface area contributed by atoms with Gasteiger partial charge in [0.25, 0.3) is 5.91 Å². The number of aliphatic hydroxyl groups excluding tert-OH is 1. The summed E-state index contributed by atoms with van der Waals surface area (Å²) in [5, 5.41) is 13.1. The lowest BCUT2D eigenvalue weighted by Gasteiger charge is -2.14. The molecule has 0 aliphatic carbocycles. The van der Waals surface area contributed by atoms with E-state index in [9.17, 15) is 9.90 Å². The first-order valence-electron chi connectivity index (χ1n) is 6.81. The van der Waals surface area contributed by atoms with Gasteiger partial charge in [-0.25, -0.2) is 0 Å². The number of ether oxygens (including phenoxy) is 1. The maximum atomic E-state index is 11.8. The number of pyridine rings is 1. The number of nitrogens with one attached hydrogen (secondary N) is 1. The van der Waals surface area contributed by atoms with Crippen LogP contribution in [0, 0.1) is 6.92 Å². The predicted octanol–water partition coefficient (Wildman–Crippen LogP) is 2.21. The van der Waals surface area contributed by atoms with Crippen molar-refractivity contribution in [1.29, 1.82) is 0 Å². The van der Waals surface area contributed by atoms with Crippen LogP contribution in [-0.4, -0.2) is 35.3 Å². The zero-order valence-electron chi connectivity index (χ0n) is 12.1. The highest BCUT2D eigenvalue weighted by molar-refractivity contribution is 6.31. The third-order valence-corrected chi connectivity index (χ3v) is 3.42. The summed E-state index contributed by atoms with van der Waals surface area (Å²) in [7, 11) is 0. The molecule has 2 aromatic rings. The van der Waals surface area contributed by atoms with Gasteiger partial charge in [-0.1, -0.05) is 11.6 Å². The molecule has 0 fully saturated rings. The number of aromatic nitrogens is 1. The van der Waals surface area contributed by atoms with Crippen molar-refractivity contribution in [3.63, 3.8) is 0 Å². The highest BCUT2D eigenvalue weighted by Gasteiger charge is 2.10. The molecule has 1 aromatic heterocycles. The summed E-state index contributed by atoms with van der Waals surface area (Å²) in [6.45, 7) is 2.05. The molecule has 2 N–H and O–H groups in total. The second-order valence-corrected chi connectivity index (χ2v) is 5.23. The van der Waals surface area contributed by atoms with E-state index in [4.69, 9.17) is 16.3 Å². The monoisotopic (exact) mass is 320 g/mol. The molecule has 1 aromatic carbocycles. The largest absolute Gasteiger partial charge is 0.491 e. The summed E-state index contributed by atoms with van der Waals surface area (Å²) in [4.78, 5) is 15.7. The number of nitrogens with zero attached hydrogens (tertiary/aromatic N) is 1. The highest BCUT2D eigenvalue weighted by atomic mass is 35.5. The average molecular weight is 321 g/mol. The Hall–Kier alpha value is -2.11. The number of aliphatic hydroxyl groups is 1. The highest BCUT2D eigenvalue weighted by Crippen LogP contribution is 2.21. The molecule has 1 amide bonds. The Morgan fingerprint density at radius 3 is 2.95 bits per heavy atom. The third-order valence-electron chi connectivity index (χ3n) is 2.99. The van der Waals surface area contributed by atoms with Crippen LogP contribution in [-0.2, 0) is 0 Å². The molecule has 5 nitrogen and oxygen atoms in total. The molecule has 116 valence electrons. The van der Waals surface area contributed by atoms with Gasteiger partial charge in [-0.3, -0.25) is 9.78 Å². The van der Waals surface area contributed by atoms with Crippen molar-refractivity contribution in [1.82, 2.24) is 10.3 Å². The minimum absolute atomic E-state index is 0.0778. The fraction of sp³-hybridized carbons (Fsp3) is 0.250. The van der Waals surface area contributed by atoms with E-state index in [0.29, 0.717) is 16.3 Å². The molecule has 1 heterocycles. The van der Waals surface area contributed by atoms with E-state index in [2.05, 4.69) is 10.3 Å². The van der Waals surface area contributed by atoms with Crippen LogP contribution in [0.2, 0.25) is 5.02 Å². The summed E-state index contributed by atoms with van der Waals surface area (Å²) in [6.07, 6.45) is 2.25. The number of hydrogen-bond donors (Lipinski definition) is 2. The molecular weight excluding hydrogens is 304 g/mol. The first-order valence-corrected chi connectivity index (χ1v) is 7.19. The Morgan fingerprint density at radius 1 is 1.45 bits per heavy atom. The van der Waals surface area contributed by atoms with Crippen LogP contribution in [0.1, 0.15) is 15.9 Å². The quantitative estimate of drug-likeness (QED) is 0.856. The number of carbonyl (C=O) groups excluding carboxylic acids is 1. The second kappa shape index (κ2) is 7.77. The van der Waals surface area contributed by atoms with Crippen molar-refractivity contribution in [3.05, 3.63) is 58.9 Å². The molecule has 1 atom stereocenters. The SMILES string of the molecule is Cc1cc(OCC(O)CNC(=O)c2cccnc2)ccc1Cl. The average Bonchev–Trinajstić information content (AvgIpc) is 2.54. The van der Waals surface area contributed by atoms with Crippen molar-refractivity contribution in [2.24, 2.45) is 0 Å². The maximum absolute atomic E-state index is 11.8. The lowest BCUT2D eigenvalue weighted by molar-refractivity contribution is 0.0843. The van der Waals surface area contributed by atoms with Gasteiger partial charge in [0.05, 0.1) is 5.56 Å². The molecule has 6 heteroatoms. The van der Waals surface area contributed by atoms with Crippen LogP contribution in [0.15, 0.2) is 42.7 Å². The Bertz CT molecular complexity index is 635. The molecule has 0 bridgehead atoms. The zero-order valence-corrected chi connectivity index (χ0v) is 12.9. The number of rotatable bonds is 6. The van der Waals surface area contributed by atoms with Crippen molar-refractivity contribution < 1.29 is 14.6 Å². The predicted molar refractivity (Wildman–Crippen MR) is 84.3 cm³/mol. The van der Waals surface area contributed by atoms with Crippen LogP contribution in [0.5, 0.6) is 5.75 Å². The van der Waals surface area contributed by atoms with Gasteiger partial charge in [-0.05, 0) is 42.8 Å². The van der Waals surface area contributed by atoms with Gasteiger partial charge >= 0.3 is 0 Å². The van der Waals surface area contributed by atoms with Crippen molar-refractivity contribution in [3.8, 4) is 5.75 Å². The van der Waals surface area contributed by atoms with E-state index < -0.39 is 6.10 Å². The van der Waals surface area contributed by atoms with Crippen LogP contribution in [0.3, 0.4) is 0 Å². The smallest absolute Gasteiger partial charge is 0.252 e. The number of benzene rings is 1. The topological polar surface area (TPSA) is 71.5 Å². The van der Waals surface area contributed by atoms with Crippen molar-refractivity contribution in [2.75, 3.05) is 13.2 Å². The molecule has 0 radical (unpaired) electrons. The van der Waals surface area contributed by atoms with Crippen LogP contribution < -0.4 is 10.1 Å². The number of aryl methyl sites for hydroxylation is 1. The van der Waals surface area contributed by atoms with Crippen LogP contribution in [0.4, 0.5) is 0 Å². The van der Waals surface area contributed by atoms with Crippen molar-refractivity contribution in [2.45, 2.75) is 13.0 Å². The van der Waals surface area contributed by atoms with Gasteiger partial charge in [0.2, 0.25) is 0 Å². The number of halogens is 1. The van der Waals surface area contributed by atoms with Gasteiger partial charge in [-0.15, -0.1) is 0 Å². The fourth-order valence-electron chi connectivity index (χ4n) is 1.77. The fourth-order valence-corrected chi connectivity index (χ4v) is 1.89. The summed E-state index contributed by atoms with van der Waals surface area (Å²) >= 11 is 5.93. The van der Waals surface area contributed by atoms with Gasteiger partial charge in [0, 0.05) is 24.0 Å². The first kappa shape index (κ1) is 16.3. The molecule has 1 unspecified atom stereocenters. The normalized spacial score (nSPS) is 11.8. The molecule has 0 aliphatic heterocycles. The molecule has 22 heavy (non-hydrogen) atoms. The maximum Gasteiger partial charge on any atom is 0.252 e. The van der Waals surface area contributed by atoms with E-state index in [1.807, 2.05) is 6.92 Å². The van der Waals surface area contributed by atoms with E-state index in [1.54, 1.807) is 36.5 Å². The summed E-state index contributed by atoms with van der Waals surface area (Å²) < 4.78 is 5.47. The number of hydrogen-bond acceptors (Lipinski definition) is 4. The van der Waals surface area contributed by atoms with Gasteiger partial charge in [-0.2, -0.15) is 0 Å². The minimum atomic E-state index is -0.809. The summed E-state index contributed by atoms with van der Waals surface area (Å²) in [5.74, 6) is 0.342. The summed E-state index contributed by atoms with van der Waals surface area (Å²) in [6, 6.07) is 8.60. The van der Waals surface area contributed by atoms with E-state index in [0.717, 1.165) is 5.56 Å². The van der Waals surface area contributed by atoms with Crippen LogP contribution in [0.25, 0.3) is 0 Å². The lowest BCUT2D eigenvalue weighted by Crippen LogP contribution is -2.35. The Balaban J connectivity index is 1.77. The molecular formula is C16H17ClN2O3. The molecule has 0 saturated heterocycles. The van der Waals surface area contributed by atoms with Gasteiger partial charge in [0.15, 0.2) is 0 Å². The lowest BCUT2D eigenvalue weighted by atomic mass is 10.2. The first-order chi connectivity index (χ1) is 10.6. The van der Waals surface area contributed by atoms with Crippen LogP contribution >= 0.6 is 11.6 Å². The van der Waals surface area contributed by atoms with E-state index >= 15 is 0 Å². The van der Waals surface area contributed by atoms with E-state index in [1.165, 1.54) is 6.20 Å². The molecule has 2 rings (SSSR count). The third kappa shape index (κ3) is 4.72. The second-order valence-electron chi connectivity index (χ2n) is 4.83. The Kier molecular flexibility index (Phi) is 5.75. The van der Waals surface area contributed by atoms with Gasteiger partial charge in [0.1, 0.15) is 18.5 Å². The standard InChI is InChI=1S/C16H17ClN2O3/c1-11-7-14(4-5-15(11)17)22-10-13(20)9-19-16(21)12-3-2-6-18-8-12/h2-8,13,20H,9-10H2,1H3,(H,19,21). The number of amides is 1. The minimum Gasteiger partial charge on any atom is -0.491 e. The van der Waals surface area contributed by atoms with Gasteiger partial charge < -0.3 is 15.2 Å². The Morgan fingerprint density at radius 2 is 2.27 bits per heavy atom. The zero-order chi connectivity index (χ0) is 15.9. The van der Waals surface area contributed by atoms with E-state index in [-0.39, 0.29) is 19.1 Å². The molecule has 0 saturated carbocycles. The molecule has 0 aliphatic rings. The summed E-state index contributed by atoms with van der Waals surface area (Å²) in [5.41, 5.74) is 1.35. The molecule has 0 spiro atoms. The Labute approximate surface area is 133 Å².